The minimum Gasteiger partial charge on any atom is -0.508 e. The summed E-state index contributed by atoms with van der Waals surface area (Å²) in [5.74, 6) is 0.271. The molecule has 124 valence electrons. The van der Waals surface area contributed by atoms with E-state index >= 15 is 0 Å². The Morgan fingerprint density at radius 2 is 1.43 bits per heavy atom. The first-order chi connectivity index (χ1) is 11.3. The van der Waals surface area contributed by atoms with Gasteiger partial charge in [-0.15, -0.1) is 0 Å². The topological polar surface area (TPSA) is 46.0 Å². The van der Waals surface area contributed by atoms with Crippen LogP contribution in [-0.4, -0.2) is 15.1 Å². The second-order valence-electron chi connectivity index (χ2n) is 6.16. The van der Waals surface area contributed by atoms with Crippen molar-refractivity contribution in [2.75, 3.05) is 0 Å². The Labute approximate surface area is 139 Å². The van der Waals surface area contributed by atoms with E-state index in [0.717, 1.165) is 23.4 Å². The predicted molar refractivity (Wildman–Crippen MR) is 95.4 cm³/mol. The van der Waals surface area contributed by atoms with Gasteiger partial charge in [0.1, 0.15) is 5.75 Å². The number of benzene rings is 1. The Morgan fingerprint density at radius 1 is 0.783 bits per heavy atom. The van der Waals surface area contributed by atoms with Gasteiger partial charge >= 0.3 is 0 Å². The molecule has 2 aromatic rings. The molecule has 0 aliphatic carbocycles. The van der Waals surface area contributed by atoms with Crippen LogP contribution in [0.5, 0.6) is 5.75 Å². The number of rotatable bonds is 10. The Bertz CT molecular complexity index is 549. The molecule has 0 saturated carbocycles. The second-order valence-corrected chi connectivity index (χ2v) is 6.16. The molecular formula is C20H28N2O. The highest BCUT2D eigenvalue weighted by Crippen LogP contribution is 2.19. The third kappa shape index (κ3) is 6.39. The van der Waals surface area contributed by atoms with Crippen molar-refractivity contribution in [3.63, 3.8) is 0 Å². The number of unbranched alkanes of at least 4 members (excludes halogenated alkanes) is 7. The van der Waals surface area contributed by atoms with Gasteiger partial charge in [-0.3, -0.25) is 9.97 Å². The minimum absolute atomic E-state index is 0.271. The van der Waals surface area contributed by atoms with Gasteiger partial charge in [0.15, 0.2) is 0 Å². The summed E-state index contributed by atoms with van der Waals surface area (Å²) < 4.78 is 0. The molecule has 0 bridgehead atoms. The van der Waals surface area contributed by atoms with Crippen molar-refractivity contribution in [3.05, 3.63) is 42.4 Å². The van der Waals surface area contributed by atoms with Crippen LogP contribution < -0.4 is 0 Å². The highest BCUT2D eigenvalue weighted by atomic mass is 16.3. The zero-order valence-electron chi connectivity index (χ0n) is 14.2. The van der Waals surface area contributed by atoms with E-state index in [0.29, 0.717) is 0 Å². The van der Waals surface area contributed by atoms with Crippen molar-refractivity contribution in [1.82, 2.24) is 9.97 Å². The van der Waals surface area contributed by atoms with E-state index < -0.39 is 0 Å². The van der Waals surface area contributed by atoms with Crippen LogP contribution in [0.25, 0.3) is 11.3 Å². The largest absolute Gasteiger partial charge is 0.508 e. The number of aromatic hydroxyl groups is 1. The lowest BCUT2D eigenvalue weighted by Gasteiger charge is -2.04. The van der Waals surface area contributed by atoms with Gasteiger partial charge < -0.3 is 5.11 Å². The number of phenols is 1. The molecule has 0 atom stereocenters. The smallest absolute Gasteiger partial charge is 0.115 e. The molecule has 0 aliphatic heterocycles. The predicted octanol–water partition coefficient (Wildman–Crippen LogP) is 5.53. The summed E-state index contributed by atoms with van der Waals surface area (Å²) in [7, 11) is 0. The Kier molecular flexibility index (Phi) is 7.58. The van der Waals surface area contributed by atoms with Crippen LogP contribution in [0.15, 0.2) is 36.7 Å². The minimum atomic E-state index is 0.271. The molecule has 3 nitrogen and oxygen atoms in total. The third-order valence-corrected chi connectivity index (χ3v) is 4.15. The van der Waals surface area contributed by atoms with Crippen LogP contribution in [-0.2, 0) is 6.42 Å². The third-order valence-electron chi connectivity index (χ3n) is 4.15. The van der Waals surface area contributed by atoms with Crippen LogP contribution in [0.1, 0.15) is 64.0 Å². The van der Waals surface area contributed by atoms with Crippen molar-refractivity contribution in [1.29, 1.82) is 0 Å². The van der Waals surface area contributed by atoms with Gasteiger partial charge in [-0.2, -0.15) is 0 Å². The zero-order valence-corrected chi connectivity index (χ0v) is 14.2. The first-order valence-electron chi connectivity index (χ1n) is 8.90. The molecule has 0 unspecified atom stereocenters. The molecule has 0 fully saturated rings. The first-order valence-corrected chi connectivity index (χ1v) is 8.90. The highest BCUT2D eigenvalue weighted by molar-refractivity contribution is 5.58. The SMILES string of the molecule is CCCCCCCCCCc1cnc(-c2ccc(O)cc2)cn1. The van der Waals surface area contributed by atoms with Crippen molar-refractivity contribution in [2.24, 2.45) is 0 Å². The van der Waals surface area contributed by atoms with Gasteiger partial charge in [-0.25, -0.2) is 0 Å². The normalized spacial score (nSPS) is 10.8. The summed E-state index contributed by atoms with van der Waals surface area (Å²) in [4.78, 5) is 8.99. The number of aryl methyl sites for hydroxylation is 1. The Morgan fingerprint density at radius 3 is 2.04 bits per heavy atom. The van der Waals surface area contributed by atoms with Crippen LogP contribution in [0.2, 0.25) is 0 Å². The Hall–Kier alpha value is -1.90. The van der Waals surface area contributed by atoms with Crippen molar-refractivity contribution in [2.45, 2.75) is 64.7 Å². The van der Waals surface area contributed by atoms with E-state index in [2.05, 4.69) is 16.9 Å². The fraction of sp³-hybridized carbons (Fsp3) is 0.500. The van der Waals surface area contributed by atoms with Crippen LogP contribution in [0.4, 0.5) is 0 Å². The molecule has 1 N–H and O–H groups in total. The average Bonchev–Trinajstić information content (AvgIpc) is 2.59. The standard InChI is InChI=1S/C20H28N2O/c1-2-3-4-5-6-7-8-9-10-18-15-22-20(16-21-18)17-11-13-19(23)14-12-17/h11-16,23H,2-10H2,1H3. The van der Waals surface area contributed by atoms with Gasteiger partial charge in [-0.1, -0.05) is 51.9 Å². The quantitative estimate of drug-likeness (QED) is 0.586. The summed E-state index contributed by atoms with van der Waals surface area (Å²) in [5, 5.41) is 9.31. The maximum absolute atomic E-state index is 9.31. The lowest BCUT2D eigenvalue weighted by Crippen LogP contribution is -1.94. The highest BCUT2D eigenvalue weighted by Gasteiger charge is 2.01. The zero-order chi connectivity index (χ0) is 16.3. The van der Waals surface area contributed by atoms with Gasteiger partial charge in [0.2, 0.25) is 0 Å². The molecule has 0 spiro atoms. The Balaban J connectivity index is 1.68. The summed E-state index contributed by atoms with van der Waals surface area (Å²) in [5.41, 5.74) is 2.90. The summed E-state index contributed by atoms with van der Waals surface area (Å²) in [6.07, 6.45) is 15.4. The lowest BCUT2D eigenvalue weighted by molar-refractivity contribution is 0.475. The van der Waals surface area contributed by atoms with E-state index in [1.54, 1.807) is 12.1 Å². The van der Waals surface area contributed by atoms with Gasteiger partial charge in [0, 0.05) is 11.8 Å². The molecule has 1 aromatic carbocycles. The lowest BCUT2D eigenvalue weighted by atomic mass is 10.1. The number of hydrogen-bond acceptors (Lipinski definition) is 3. The molecule has 1 heterocycles. The van der Waals surface area contributed by atoms with Crippen LogP contribution >= 0.6 is 0 Å². The fourth-order valence-corrected chi connectivity index (χ4v) is 2.71. The summed E-state index contributed by atoms with van der Waals surface area (Å²) in [6, 6.07) is 7.06. The van der Waals surface area contributed by atoms with E-state index in [1.807, 2.05) is 24.5 Å². The number of phenolic OH excluding ortho intramolecular Hbond substituents is 1. The molecule has 1 aromatic heterocycles. The van der Waals surface area contributed by atoms with Crippen LogP contribution in [0.3, 0.4) is 0 Å². The van der Waals surface area contributed by atoms with Crippen LogP contribution in [0, 0.1) is 0 Å². The van der Waals surface area contributed by atoms with Gasteiger partial charge in [0.05, 0.1) is 17.6 Å². The second kappa shape index (κ2) is 9.98. The monoisotopic (exact) mass is 312 g/mol. The number of nitrogens with zero attached hydrogens (tertiary/aromatic N) is 2. The molecular weight excluding hydrogens is 284 g/mol. The summed E-state index contributed by atoms with van der Waals surface area (Å²) in [6.45, 7) is 2.26. The van der Waals surface area contributed by atoms with E-state index in [-0.39, 0.29) is 5.75 Å². The molecule has 0 aliphatic rings. The number of aromatic nitrogens is 2. The first kappa shape index (κ1) is 17.5. The molecule has 0 radical (unpaired) electrons. The molecule has 0 amide bonds. The summed E-state index contributed by atoms with van der Waals surface area (Å²) >= 11 is 0. The number of hydrogen-bond donors (Lipinski definition) is 1. The molecule has 23 heavy (non-hydrogen) atoms. The maximum atomic E-state index is 9.31. The van der Waals surface area contributed by atoms with E-state index in [1.165, 1.54) is 51.4 Å². The van der Waals surface area contributed by atoms with Gasteiger partial charge in [-0.05, 0) is 37.1 Å². The fourth-order valence-electron chi connectivity index (χ4n) is 2.71. The molecule has 2 rings (SSSR count). The average molecular weight is 312 g/mol. The van der Waals surface area contributed by atoms with Crippen molar-refractivity contribution in [3.8, 4) is 17.0 Å². The van der Waals surface area contributed by atoms with Gasteiger partial charge in [0.25, 0.3) is 0 Å². The van der Waals surface area contributed by atoms with E-state index in [4.69, 9.17) is 0 Å². The van der Waals surface area contributed by atoms with E-state index in [9.17, 15) is 5.11 Å². The molecule has 3 heteroatoms. The van der Waals surface area contributed by atoms with Crippen molar-refractivity contribution >= 4 is 0 Å². The van der Waals surface area contributed by atoms with Crippen molar-refractivity contribution < 1.29 is 5.11 Å². The maximum Gasteiger partial charge on any atom is 0.115 e. The molecule has 0 saturated heterocycles.